The van der Waals surface area contributed by atoms with Gasteiger partial charge in [-0.1, -0.05) is 84.5 Å². The average molecular weight is 444 g/mol. The molecule has 5 rings (SSSR count). The van der Waals surface area contributed by atoms with Crippen molar-refractivity contribution in [1.82, 2.24) is 14.8 Å². The number of hydrazone groups is 1. The van der Waals surface area contributed by atoms with E-state index in [0.29, 0.717) is 22.4 Å². The molecule has 152 valence electrons. The van der Waals surface area contributed by atoms with E-state index in [2.05, 4.69) is 28.4 Å². The number of thiocarbonyl (C=S) groups is 1. The van der Waals surface area contributed by atoms with Crippen molar-refractivity contribution in [3.05, 3.63) is 106 Å². The highest BCUT2D eigenvalue weighted by Gasteiger charge is 2.28. The number of anilines is 1. The molecule has 0 N–H and O–H groups in total. The van der Waals surface area contributed by atoms with Crippen molar-refractivity contribution in [3.8, 4) is 5.69 Å². The van der Waals surface area contributed by atoms with E-state index in [1.807, 2.05) is 72.2 Å². The Labute approximate surface area is 190 Å². The van der Waals surface area contributed by atoms with E-state index in [4.69, 9.17) is 28.9 Å². The Morgan fingerprint density at radius 3 is 2.39 bits per heavy atom. The number of rotatable bonds is 3. The van der Waals surface area contributed by atoms with Gasteiger partial charge < -0.3 is 0 Å². The van der Waals surface area contributed by atoms with Gasteiger partial charge in [0.15, 0.2) is 0 Å². The second-order valence-electron chi connectivity index (χ2n) is 7.22. The van der Waals surface area contributed by atoms with Gasteiger partial charge in [-0.25, -0.2) is 0 Å². The van der Waals surface area contributed by atoms with Crippen LogP contribution >= 0.6 is 23.8 Å². The zero-order chi connectivity index (χ0) is 21.4. The van der Waals surface area contributed by atoms with Gasteiger partial charge in [0.1, 0.15) is 16.5 Å². The molecule has 0 fully saturated rings. The molecule has 1 aliphatic rings. The minimum Gasteiger partial charge on any atom is -0.263 e. The molecule has 4 aromatic rings. The highest BCUT2D eigenvalue weighted by atomic mass is 35.5. The van der Waals surface area contributed by atoms with Crippen LogP contribution in [0.15, 0.2) is 84.0 Å². The minimum atomic E-state index is 0.565. The molecule has 0 unspecified atom stereocenters. The van der Waals surface area contributed by atoms with Crippen LogP contribution in [0.2, 0.25) is 5.02 Å². The van der Waals surface area contributed by atoms with Gasteiger partial charge in [-0.3, -0.25) is 4.57 Å². The Kier molecular flexibility index (Phi) is 5.10. The zero-order valence-corrected chi connectivity index (χ0v) is 18.3. The van der Waals surface area contributed by atoms with Crippen molar-refractivity contribution in [3.63, 3.8) is 0 Å². The molecule has 31 heavy (non-hydrogen) atoms. The van der Waals surface area contributed by atoms with Crippen molar-refractivity contribution < 1.29 is 0 Å². The molecule has 2 heterocycles. The molecule has 1 aromatic heterocycles. The third-order valence-electron chi connectivity index (χ3n) is 5.15. The van der Waals surface area contributed by atoms with E-state index >= 15 is 0 Å². The molecule has 0 atom stereocenters. The fourth-order valence-corrected chi connectivity index (χ4v) is 4.09. The van der Waals surface area contributed by atoms with Crippen LogP contribution in [-0.4, -0.2) is 25.5 Å². The van der Waals surface area contributed by atoms with Crippen LogP contribution in [0.5, 0.6) is 0 Å². The summed E-state index contributed by atoms with van der Waals surface area (Å²) in [7, 11) is 0. The number of nitrogens with zero attached hydrogens (tertiary/aromatic N) is 5. The molecular weight excluding hydrogens is 426 g/mol. The maximum atomic E-state index is 6.14. The quantitative estimate of drug-likeness (QED) is 0.399. The van der Waals surface area contributed by atoms with E-state index in [0.717, 1.165) is 33.9 Å². The van der Waals surface area contributed by atoms with E-state index in [-0.39, 0.29) is 0 Å². The van der Waals surface area contributed by atoms with Gasteiger partial charge in [0.25, 0.3) is 5.95 Å². The van der Waals surface area contributed by atoms with Gasteiger partial charge in [-0.2, -0.15) is 10.1 Å². The summed E-state index contributed by atoms with van der Waals surface area (Å²) in [6.07, 6.45) is 0.565. The molecule has 1 aliphatic heterocycles. The third-order valence-corrected chi connectivity index (χ3v) is 5.72. The largest absolute Gasteiger partial charge is 0.263 e. The van der Waals surface area contributed by atoms with Gasteiger partial charge in [0.2, 0.25) is 0 Å². The van der Waals surface area contributed by atoms with Gasteiger partial charge in [0, 0.05) is 22.6 Å². The predicted molar refractivity (Wildman–Crippen MR) is 128 cm³/mol. The highest BCUT2D eigenvalue weighted by Crippen LogP contribution is 2.30. The molecule has 5 nitrogen and oxygen atoms in total. The summed E-state index contributed by atoms with van der Waals surface area (Å²) in [5.74, 6) is 1.34. The number of hydrogen-bond acceptors (Lipinski definition) is 4. The van der Waals surface area contributed by atoms with Crippen LogP contribution in [0.1, 0.15) is 22.5 Å². The van der Waals surface area contributed by atoms with Crippen molar-refractivity contribution in [2.45, 2.75) is 13.3 Å². The Balaban J connectivity index is 1.70. The van der Waals surface area contributed by atoms with Crippen LogP contribution in [0.4, 0.5) is 5.95 Å². The normalized spacial score (nSPS) is 12.6. The van der Waals surface area contributed by atoms with E-state index in [1.165, 1.54) is 0 Å². The van der Waals surface area contributed by atoms with Crippen LogP contribution in [-0.2, 0) is 6.42 Å². The molecule has 0 spiro atoms. The van der Waals surface area contributed by atoms with E-state index in [1.54, 1.807) is 5.01 Å². The summed E-state index contributed by atoms with van der Waals surface area (Å²) in [6.45, 7) is 1.93. The van der Waals surface area contributed by atoms with Crippen LogP contribution in [0.3, 0.4) is 0 Å². The van der Waals surface area contributed by atoms with Crippen LogP contribution in [0, 0.1) is 6.92 Å². The lowest BCUT2D eigenvalue weighted by Crippen LogP contribution is -2.28. The second-order valence-corrected chi connectivity index (χ2v) is 8.13. The lowest BCUT2D eigenvalue weighted by molar-refractivity contribution is 0.945. The van der Waals surface area contributed by atoms with Crippen LogP contribution in [0.25, 0.3) is 5.69 Å². The summed E-state index contributed by atoms with van der Waals surface area (Å²) in [5, 5.41) is 16.2. The fourth-order valence-electron chi connectivity index (χ4n) is 3.67. The van der Waals surface area contributed by atoms with Gasteiger partial charge in [-0.15, -0.1) is 10.2 Å². The number of aromatic nitrogens is 3. The minimum absolute atomic E-state index is 0.565. The molecule has 0 saturated carbocycles. The standard InChI is InChI=1S/C24H18ClN5S/c1-16-26-27-24-29(16)21-10-6-5-9-20(21)23(18-11-13-19(25)14-12-18)28-30(24)22(31)15-17-7-3-2-4-8-17/h2-14H,15H2,1H3. The topological polar surface area (TPSA) is 46.3 Å². The highest BCUT2D eigenvalue weighted by molar-refractivity contribution is 7.80. The van der Waals surface area contributed by atoms with E-state index in [9.17, 15) is 0 Å². The van der Waals surface area contributed by atoms with Crippen molar-refractivity contribution in [2.24, 2.45) is 5.10 Å². The summed E-state index contributed by atoms with van der Waals surface area (Å²) >= 11 is 12.0. The number of hydrogen-bond donors (Lipinski definition) is 0. The summed E-state index contributed by atoms with van der Waals surface area (Å²) in [5.41, 5.74) is 4.78. The van der Waals surface area contributed by atoms with Crippen molar-refractivity contribution in [2.75, 3.05) is 5.01 Å². The Morgan fingerprint density at radius 2 is 1.61 bits per heavy atom. The molecule has 0 bridgehead atoms. The number of halogens is 1. The Morgan fingerprint density at radius 1 is 0.903 bits per heavy atom. The summed E-state index contributed by atoms with van der Waals surface area (Å²) in [4.78, 5) is 0.638. The Hall–Kier alpha value is -3.35. The second kappa shape index (κ2) is 8.06. The van der Waals surface area contributed by atoms with Gasteiger partial charge >= 0.3 is 0 Å². The molecule has 7 heteroatoms. The maximum Gasteiger partial charge on any atom is 0.257 e. The third kappa shape index (κ3) is 3.65. The summed E-state index contributed by atoms with van der Waals surface area (Å²) < 4.78 is 2.00. The van der Waals surface area contributed by atoms with Gasteiger partial charge in [0.05, 0.1) is 5.69 Å². The number of aryl methyl sites for hydroxylation is 1. The first-order valence-corrected chi connectivity index (χ1v) is 10.6. The Bertz CT molecular complexity index is 1300. The number of para-hydroxylation sites is 1. The zero-order valence-electron chi connectivity index (χ0n) is 16.7. The van der Waals surface area contributed by atoms with Crippen molar-refractivity contribution in [1.29, 1.82) is 0 Å². The first-order chi connectivity index (χ1) is 15.1. The lowest BCUT2D eigenvalue weighted by Gasteiger charge is -2.18. The van der Waals surface area contributed by atoms with E-state index < -0.39 is 0 Å². The average Bonchev–Trinajstić information content (AvgIpc) is 3.09. The molecule has 0 amide bonds. The molecule has 3 aromatic carbocycles. The summed E-state index contributed by atoms with van der Waals surface area (Å²) in [6, 6.07) is 25.9. The smallest absolute Gasteiger partial charge is 0.257 e. The number of fused-ring (bicyclic) bond motifs is 3. The first-order valence-electron chi connectivity index (χ1n) is 9.85. The lowest BCUT2D eigenvalue weighted by atomic mass is 10.0. The molecule has 0 saturated heterocycles. The van der Waals surface area contributed by atoms with Gasteiger partial charge in [-0.05, 0) is 30.7 Å². The first kappa shape index (κ1) is 19.6. The molecular formula is C24H18ClN5S. The monoisotopic (exact) mass is 443 g/mol. The SMILES string of the molecule is Cc1nnc2n1-c1ccccc1C(c1ccc(Cl)cc1)=NN2C(=S)Cc1ccccc1. The molecule has 0 aliphatic carbocycles. The number of benzene rings is 3. The van der Waals surface area contributed by atoms with Crippen molar-refractivity contribution >= 4 is 40.5 Å². The predicted octanol–water partition coefficient (Wildman–Crippen LogP) is 5.37. The molecule has 0 radical (unpaired) electrons. The maximum absolute atomic E-state index is 6.14. The van der Waals surface area contributed by atoms with Crippen LogP contribution < -0.4 is 5.01 Å². The fraction of sp³-hybridized carbons (Fsp3) is 0.0833.